The number of amides is 1. The van der Waals surface area contributed by atoms with Crippen molar-refractivity contribution < 1.29 is 9.53 Å². The molecular formula is C20H24N2O2. The third-order valence-corrected chi connectivity index (χ3v) is 4.57. The van der Waals surface area contributed by atoms with Crippen LogP contribution >= 0.6 is 0 Å². The number of nitrogens with zero attached hydrogens (tertiary/aromatic N) is 2. The first kappa shape index (κ1) is 16.5. The molecule has 0 atom stereocenters. The van der Waals surface area contributed by atoms with E-state index in [-0.39, 0.29) is 5.91 Å². The van der Waals surface area contributed by atoms with Crippen molar-refractivity contribution in [3.63, 3.8) is 0 Å². The molecule has 1 aliphatic carbocycles. The number of benzene rings is 1. The minimum absolute atomic E-state index is 0.0724. The first-order valence-corrected chi connectivity index (χ1v) is 8.78. The van der Waals surface area contributed by atoms with Gasteiger partial charge in [0.25, 0.3) is 5.91 Å². The van der Waals surface area contributed by atoms with Crippen LogP contribution in [0.3, 0.4) is 0 Å². The van der Waals surface area contributed by atoms with Crippen LogP contribution in [0.25, 0.3) is 0 Å². The van der Waals surface area contributed by atoms with Crippen LogP contribution in [0.4, 0.5) is 0 Å². The Morgan fingerprint density at radius 1 is 1.12 bits per heavy atom. The second-order valence-corrected chi connectivity index (χ2v) is 6.18. The predicted octanol–water partition coefficient (Wildman–Crippen LogP) is 4.67. The van der Waals surface area contributed by atoms with Gasteiger partial charge < -0.3 is 9.64 Å². The highest BCUT2D eigenvalue weighted by Crippen LogP contribution is 2.24. The van der Waals surface area contributed by atoms with Crippen LogP contribution in [-0.2, 0) is 0 Å². The molecule has 0 radical (unpaired) electrons. The van der Waals surface area contributed by atoms with Gasteiger partial charge in [-0.1, -0.05) is 37.5 Å². The van der Waals surface area contributed by atoms with Crippen LogP contribution in [0.2, 0.25) is 0 Å². The van der Waals surface area contributed by atoms with Gasteiger partial charge in [0.05, 0.1) is 5.56 Å². The molecule has 126 valence electrons. The number of rotatable bonds is 5. The number of hydrogen-bond acceptors (Lipinski definition) is 3. The largest absolute Gasteiger partial charge is 0.439 e. The second-order valence-electron chi connectivity index (χ2n) is 6.18. The fourth-order valence-corrected chi connectivity index (χ4v) is 3.30. The number of para-hydroxylation sites is 1. The Balaban J connectivity index is 1.68. The lowest BCUT2D eigenvalue weighted by atomic mass is 9.94. The van der Waals surface area contributed by atoms with Crippen LogP contribution in [-0.4, -0.2) is 28.4 Å². The van der Waals surface area contributed by atoms with Gasteiger partial charge >= 0.3 is 0 Å². The lowest BCUT2D eigenvalue weighted by Crippen LogP contribution is -2.41. The smallest absolute Gasteiger partial charge is 0.255 e. The van der Waals surface area contributed by atoms with Crippen molar-refractivity contribution in [2.75, 3.05) is 6.54 Å². The summed E-state index contributed by atoms with van der Waals surface area (Å²) < 4.78 is 5.68. The van der Waals surface area contributed by atoms with Gasteiger partial charge in [-0.05, 0) is 38.0 Å². The van der Waals surface area contributed by atoms with Crippen molar-refractivity contribution in [1.82, 2.24) is 9.88 Å². The van der Waals surface area contributed by atoms with Gasteiger partial charge in [0, 0.05) is 24.8 Å². The Bertz CT molecular complexity index is 649. The molecule has 4 nitrogen and oxygen atoms in total. The summed E-state index contributed by atoms with van der Waals surface area (Å²) in [6.45, 7) is 2.79. The molecule has 0 unspecified atom stereocenters. The van der Waals surface area contributed by atoms with E-state index in [9.17, 15) is 4.79 Å². The maximum atomic E-state index is 12.8. The van der Waals surface area contributed by atoms with Crippen molar-refractivity contribution in [2.45, 2.75) is 45.1 Å². The van der Waals surface area contributed by atoms with Crippen LogP contribution in [0.5, 0.6) is 11.6 Å². The van der Waals surface area contributed by atoms with Gasteiger partial charge in [-0.15, -0.1) is 0 Å². The summed E-state index contributed by atoms with van der Waals surface area (Å²) >= 11 is 0. The summed E-state index contributed by atoms with van der Waals surface area (Å²) in [4.78, 5) is 19.1. The molecule has 1 fully saturated rings. The van der Waals surface area contributed by atoms with Gasteiger partial charge in [-0.25, -0.2) is 4.98 Å². The summed E-state index contributed by atoms with van der Waals surface area (Å²) in [6, 6.07) is 13.5. The lowest BCUT2D eigenvalue weighted by Gasteiger charge is -2.33. The number of aromatic nitrogens is 1. The predicted molar refractivity (Wildman–Crippen MR) is 94.3 cm³/mol. The summed E-state index contributed by atoms with van der Waals surface area (Å²) in [7, 11) is 0. The van der Waals surface area contributed by atoms with Crippen LogP contribution in [0.15, 0.2) is 48.7 Å². The Labute approximate surface area is 143 Å². The molecule has 1 aromatic heterocycles. The van der Waals surface area contributed by atoms with Gasteiger partial charge in [0.2, 0.25) is 5.88 Å². The van der Waals surface area contributed by atoms with E-state index in [1.54, 1.807) is 18.3 Å². The molecule has 1 saturated carbocycles. The first-order chi connectivity index (χ1) is 11.8. The van der Waals surface area contributed by atoms with Crippen molar-refractivity contribution >= 4 is 5.91 Å². The topological polar surface area (TPSA) is 42.4 Å². The molecule has 1 amide bonds. The third-order valence-electron chi connectivity index (χ3n) is 4.57. The number of hydrogen-bond donors (Lipinski definition) is 0. The van der Waals surface area contributed by atoms with Gasteiger partial charge in [-0.3, -0.25) is 4.79 Å². The lowest BCUT2D eigenvalue weighted by molar-refractivity contribution is 0.0647. The van der Waals surface area contributed by atoms with Crippen molar-refractivity contribution in [2.24, 2.45) is 0 Å². The van der Waals surface area contributed by atoms with E-state index < -0.39 is 0 Å². The Kier molecular flexibility index (Phi) is 5.47. The number of carbonyl (C=O) groups excluding carboxylic acids is 1. The van der Waals surface area contributed by atoms with Crippen molar-refractivity contribution in [3.05, 3.63) is 54.2 Å². The second kappa shape index (κ2) is 7.95. The number of carbonyl (C=O) groups is 1. The van der Waals surface area contributed by atoms with Gasteiger partial charge in [-0.2, -0.15) is 0 Å². The Hall–Kier alpha value is -2.36. The highest BCUT2D eigenvalue weighted by Gasteiger charge is 2.25. The van der Waals surface area contributed by atoms with Crippen molar-refractivity contribution in [1.29, 1.82) is 0 Å². The summed E-state index contributed by atoms with van der Waals surface area (Å²) in [5.74, 6) is 1.31. The molecule has 0 saturated heterocycles. The third kappa shape index (κ3) is 3.94. The monoisotopic (exact) mass is 324 g/mol. The average Bonchev–Trinajstić information content (AvgIpc) is 2.65. The molecular weight excluding hydrogens is 300 g/mol. The molecule has 3 rings (SSSR count). The molecule has 4 heteroatoms. The van der Waals surface area contributed by atoms with Crippen LogP contribution in [0, 0.1) is 0 Å². The van der Waals surface area contributed by atoms with Gasteiger partial charge in [0.1, 0.15) is 5.75 Å². The summed E-state index contributed by atoms with van der Waals surface area (Å²) in [5, 5.41) is 0. The van der Waals surface area contributed by atoms with E-state index in [1.807, 2.05) is 42.2 Å². The quantitative estimate of drug-likeness (QED) is 0.802. The zero-order valence-corrected chi connectivity index (χ0v) is 14.1. The minimum atomic E-state index is 0.0724. The van der Waals surface area contributed by atoms with E-state index >= 15 is 0 Å². The fraction of sp³-hybridized carbons (Fsp3) is 0.400. The molecule has 1 aliphatic rings. The fourth-order valence-electron chi connectivity index (χ4n) is 3.30. The highest BCUT2D eigenvalue weighted by molar-refractivity contribution is 5.94. The van der Waals surface area contributed by atoms with E-state index in [2.05, 4.69) is 4.98 Å². The van der Waals surface area contributed by atoms with Crippen LogP contribution < -0.4 is 4.74 Å². The maximum absolute atomic E-state index is 12.8. The molecule has 0 N–H and O–H groups in total. The molecule has 0 spiro atoms. The zero-order valence-electron chi connectivity index (χ0n) is 14.1. The Morgan fingerprint density at radius 3 is 2.50 bits per heavy atom. The Morgan fingerprint density at radius 2 is 1.88 bits per heavy atom. The number of pyridine rings is 1. The maximum Gasteiger partial charge on any atom is 0.255 e. The molecule has 1 heterocycles. The standard InChI is InChI=1S/C20H24N2O2/c1-2-22(17-9-5-3-6-10-17)20(23)16-13-14-19(21-15-16)24-18-11-7-4-8-12-18/h4,7-8,11-15,17H,2-3,5-6,9-10H2,1H3. The summed E-state index contributed by atoms with van der Waals surface area (Å²) in [5.41, 5.74) is 0.628. The normalized spacial score (nSPS) is 15.0. The highest BCUT2D eigenvalue weighted by atomic mass is 16.5. The van der Waals surface area contributed by atoms with Gasteiger partial charge in [0.15, 0.2) is 0 Å². The summed E-state index contributed by atoms with van der Waals surface area (Å²) in [6.07, 6.45) is 7.57. The zero-order chi connectivity index (χ0) is 16.8. The molecule has 1 aromatic carbocycles. The van der Waals surface area contributed by atoms with E-state index in [4.69, 9.17) is 4.74 Å². The van der Waals surface area contributed by atoms with E-state index in [0.29, 0.717) is 17.5 Å². The molecule has 0 aliphatic heterocycles. The molecule has 2 aromatic rings. The molecule has 0 bridgehead atoms. The molecule has 24 heavy (non-hydrogen) atoms. The number of ether oxygens (including phenoxy) is 1. The van der Waals surface area contributed by atoms with E-state index in [1.165, 1.54) is 19.3 Å². The SMILES string of the molecule is CCN(C(=O)c1ccc(Oc2ccccc2)nc1)C1CCCCC1. The average molecular weight is 324 g/mol. The van der Waals surface area contributed by atoms with Crippen molar-refractivity contribution in [3.8, 4) is 11.6 Å². The van der Waals surface area contributed by atoms with E-state index in [0.717, 1.165) is 25.1 Å². The van der Waals surface area contributed by atoms with Crippen LogP contribution in [0.1, 0.15) is 49.4 Å². The first-order valence-electron chi connectivity index (χ1n) is 8.78. The minimum Gasteiger partial charge on any atom is -0.439 e.